The Bertz CT molecular complexity index is 1650. The average Bonchev–Trinajstić information content (AvgIpc) is 2.93. The molecule has 0 aliphatic heterocycles. The van der Waals surface area contributed by atoms with E-state index in [1.165, 1.54) is 39.5 Å². The lowest BCUT2D eigenvalue weighted by Crippen LogP contribution is -2.34. The van der Waals surface area contributed by atoms with Gasteiger partial charge in [-0.25, -0.2) is 13.1 Å². The molecule has 1 atom stereocenters. The predicted octanol–water partition coefficient (Wildman–Crippen LogP) is 2.80. The lowest BCUT2D eigenvalue weighted by molar-refractivity contribution is -0.136. The van der Waals surface area contributed by atoms with Crippen LogP contribution in [-0.2, 0) is 21.2 Å². The van der Waals surface area contributed by atoms with E-state index in [0.717, 1.165) is 10.2 Å². The van der Waals surface area contributed by atoms with Crippen molar-refractivity contribution in [2.75, 3.05) is 21.3 Å². The Morgan fingerprint density at radius 1 is 0.921 bits per heavy atom. The molecule has 0 fully saturated rings. The maximum absolute atomic E-state index is 13.2. The number of benzene rings is 3. The van der Waals surface area contributed by atoms with Crippen molar-refractivity contribution < 1.29 is 32.5 Å². The van der Waals surface area contributed by atoms with Crippen LogP contribution < -0.4 is 19.8 Å². The number of aromatic nitrogens is 3. The third-order valence-electron chi connectivity index (χ3n) is 6.08. The summed E-state index contributed by atoms with van der Waals surface area (Å²) in [6.45, 7) is -0.256. The molecule has 4 aromatic rings. The molecule has 1 unspecified atom stereocenters. The van der Waals surface area contributed by atoms with Gasteiger partial charge < -0.3 is 19.3 Å². The standard InChI is InChI=1S/C26H25N3O8S/c1-35-18-7-10-20-21(15-18)27-28-29(25(20)30)13-12-24(26(31)32)38(33,34)19-8-4-16(5-9-19)17-6-11-22(36-2)23(14-17)37-3/h4-11,14-15,24H,12-13H2,1-3H3,(H,31,32). The molecule has 0 bridgehead atoms. The second-order valence-electron chi connectivity index (χ2n) is 8.26. The Balaban J connectivity index is 1.57. The zero-order valence-electron chi connectivity index (χ0n) is 20.8. The van der Waals surface area contributed by atoms with Crippen LogP contribution in [0.2, 0.25) is 0 Å². The normalized spacial score (nSPS) is 12.2. The highest BCUT2D eigenvalue weighted by atomic mass is 32.2. The summed E-state index contributed by atoms with van der Waals surface area (Å²) in [6.07, 6.45) is -0.384. The second kappa shape index (κ2) is 10.9. The highest BCUT2D eigenvalue weighted by Gasteiger charge is 2.34. The van der Waals surface area contributed by atoms with Crippen LogP contribution in [0.25, 0.3) is 22.0 Å². The van der Waals surface area contributed by atoms with Crippen molar-refractivity contribution >= 4 is 26.7 Å². The first-order valence-corrected chi connectivity index (χ1v) is 12.9. The third kappa shape index (κ3) is 5.16. The van der Waals surface area contributed by atoms with Crippen molar-refractivity contribution in [2.45, 2.75) is 23.1 Å². The van der Waals surface area contributed by atoms with Crippen LogP contribution in [0.4, 0.5) is 0 Å². The Labute approximate surface area is 218 Å². The van der Waals surface area contributed by atoms with Crippen molar-refractivity contribution in [1.29, 1.82) is 0 Å². The zero-order chi connectivity index (χ0) is 27.4. The van der Waals surface area contributed by atoms with Crippen LogP contribution in [0.5, 0.6) is 17.2 Å². The molecular weight excluding hydrogens is 514 g/mol. The summed E-state index contributed by atoms with van der Waals surface area (Å²) in [5.41, 5.74) is 1.25. The lowest BCUT2D eigenvalue weighted by Gasteiger charge is -2.15. The van der Waals surface area contributed by atoms with Crippen molar-refractivity contribution in [3.05, 3.63) is 71.0 Å². The van der Waals surface area contributed by atoms with E-state index >= 15 is 0 Å². The van der Waals surface area contributed by atoms with Gasteiger partial charge in [0.05, 0.1) is 31.6 Å². The van der Waals surface area contributed by atoms with Gasteiger partial charge in [-0.3, -0.25) is 9.59 Å². The molecule has 0 saturated carbocycles. The van der Waals surface area contributed by atoms with Crippen molar-refractivity contribution in [1.82, 2.24) is 15.0 Å². The van der Waals surface area contributed by atoms with Crippen molar-refractivity contribution in [3.8, 4) is 28.4 Å². The molecule has 1 aromatic heterocycles. The Kier molecular flexibility index (Phi) is 7.62. The van der Waals surface area contributed by atoms with E-state index in [-0.39, 0.29) is 23.2 Å². The van der Waals surface area contributed by atoms with Gasteiger partial charge in [-0.15, -0.1) is 5.10 Å². The number of carbonyl (C=O) groups is 1. The number of rotatable bonds is 10. The molecule has 0 amide bonds. The van der Waals surface area contributed by atoms with E-state index < -0.39 is 26.6 Å². The fraction of sp³-hybridized carbons (Fsp3) is 0.231. The van der Waals surface area contributed by atoms with Gasteiger partial charge in [-0.05, 0) is 53.9 Å². The summed E-state index contributed by atoms with van der Waals surface area (Å²) in [6, 6.07) is 15.8. The van der Waals surface area contributed by atoms with Gasteiger partial charge >= 0.3 is 5.97 Å². The molecule has 0 radical (unpaired) electrons. The molecule has 1 heterocycles. The molecule has 3 aromatic carbocycles. The van der Waals surface area contributed by atoms with Gasteiger partial charge in [0.2, 0.25) is 0 Å². The number of aryl methyl sites for hydroxylation is 1. The van der Waals surface area contributed by atoms with E-state index in [2.05, 4.69) is 10.3 Å². The minimum Gasteiger partial charge on any atom is -0.497 e. The maximum Gasteiger partial charge on any atom is 0.322 e. The summed E-state index contributed by atoms with van der Waals surface area (Å²) in [7, 11) is 0.233. The zero-order valence-corrected chi connectivity index (χ0v) is 21.6. The first-order valence-electron chi connectivity index (χ1n) is 11.4. The summed E-state index contributed by atoms with van der Waals surface area (Å²) in [4.78, 5) is 24.6. The van der Waals surface area contributed by atoms with Crippen molar-refractivity contribution in [3.63, 3.8) is 0 Å². The van der Waals surface area contributed by atoms with Crippen molar-refractivity contribution in [2.24, 2.45) is 0 Å². The van der Waals surface area contributed by atoms with Gasteiger partial charge in [-0.2, -0.15) is 0 Å². The summed E-state index contributed by atoms with van der Waals surface area (Å²) < 4.78 is 43.1. The molecule has 0 aliphatic rings. The van der Waals surface area contributed by atoms with Gasteiger partial charge in [0.15, 0.2) is 26.6 Å². The fourth-order valence-electron chi connectivity index (χ4n) is 4.00. The highest BCUT2D eigenvalue weighted by molar-refractivity contribution is 7.92. The molecule has 1 N–H and O–H groups in total. The minimum atomic E-state index is -4.28. The summed E-state index contributed by atoms with van der Waals surface area (Å²) in [5, 5.41) is 16.0. The van der Waals surface area contributed by atoms with Crippen LogP contribution in [0.15, 0.2) is 70.4 Å². The number of methoxy groups -OCH3 is 3. The predicted molar refractivity (Wildman–Crippen MR) is 139 cm³/mol. The fourth-order valence-corrected chi connectivity index (χ4v) is 5.52. The molecule has 38 heavy (non-hydrogen) atoms. The summed E-state index contributed by atoms with van der Waals surface area (Å²) >= 11 is 0. The van der Waals surface area contributed by atoms with Crippen LogP contribution in [0, 0.1) is 0 Å². The molecule has 0 saturated heterocycles. The molecule has 0 aliphatic carbocycles. The van der Waals surface area contributed by atoms with E-state index in [9.17, 15) is 23.1 Å². The maximum atomic E-state index is 13.2. The quantitative estimate of drug-likeness (QED) is 0.319. The number of carboxylic acids is 1. The molecule has 11 nitrogen and oxygen atoms in total. The lowest BCUT2D eigenvalue weighted by atomic mass is 10.1. The smallest absolute Gasteiger partial charge is 0.322 e. The number of hydrogen-bond acceptors (Lipinski definition) is 9. The van der Waals surface area contributed by atoms with E-state index in [1.54, 1.807) is 42.5 Å². The number of sulfone groups is 1. The third-order valence-corrected chi connectivity index (χ3v) is 8.20. The topological polar surface area (TPSA) is 147 Å². The molecular formula is C26H25N3O8S. The monoisotopic (exact) mass is 539 g/mol. The van der Waals surface area contributed by atoms with Gasteiger partial charge in [0.1, 0.15) is 11.3 Å². The number of hydrogen-bond donors (Lipinski definition) is 1. The Morgan fingerprint density at radius 2 is 1.61 bits per heavy atom. The van der Waals surface area contributed by atoms with Crippen LogP contribution in [-0.4, -0.2) is 61.1 Å². The molecule has 4 rings (SSSR count). The van der Waals surface area contributed by atoms with E-state index in [0.29, 0.717) is 28.3 Å². The Hall–Kier alpha value is -4.45. The van der Waals surface area contributed by atoms with Crippen LogP contribution in [0.3, 0.4) is 0 Å². The van der Waals surface area contributed by atoms with Gasteiger partial charge in [-0.1, -0.05) is 23.4 Å². The summed E-state index contributed by atoms with van der Waals surface area (Å²) in [5.74, 6) is 0.0344. The van der Waals surface area contributed by atoms with Crippen LogP contribution >= 0.6 is 0 Å². The SMILES string of the molecule is COc1ccc2c(=O)n(CCC(C(=O)O)S(=O)(=O)c3ccc(-c4ccc(OC)c(OC)c4)cc3)nnc2c1. The van der Waals surface area contributed by atoms with Gasteiger partial charge in [0, 0.05) is 12.6 Å². The number of carboxylic acid groups (broad SMARTS) is 1. The number of nitrogens with zero attached hydrogens (tertiary/aromatic N) is 3. The van der Waals surface area contributed by atoms with E-state index in [1.807, 2.05) is 0 Å². The molecule has 0 spiro atoms. The first kappa shape index (κ1) is 26.6. The largest absolute Gasteiger partial charge is 0.497 e. The second-order valence-corrected chi connectivity index (χ2v) is 10.4. The average molecular weight is 540 g/mol. The molecule has 198 valence electrons. The molecule has 12 heteroatoms. The number of aliphatic carboxylic acids is 1. The van der Waals surface area contributed by atoms with E-state index in [4.69, 9.17) is 14.2 Å². The van der Waals surface area contributed by atoms with Gasteiger partial charge in [0.25, 0.3) is 5.56 Å². The van der Waals surface area contributed by atoms with Crippen LogP contribution in [0.1, 0.15) is 6.42 Å². The minimum absolute atomic E-state index is 0.154. The first-order chi connectivity index (χ1) is 18.2. The number of ether oxygens (including phenoxy) is 3. The Morgan fingerprint density at radius 3 is 2.24 bits per heavy atom. The highest BCUT2D eigenvalue weighted by Crippen LogP contribution is 2.33. The number of fused-ring (bicyclic) bond motifs is 1.